The zero-order chi connectivity index (χ0) is 16.5. The summed E-state index contributed by atoms with van der Waals surface area (Å²) in [6.45, 7) is 1.59. The fourth-order valence-electron chi connectivity index (χ4n) is 3.15. The van der Waals surface area contributed by atoms with Gasteiger partial charge in [-0.1, -0.05) is 5.16 Å². The van der Waals surface area contributed by atoms with Crippen LogP contribution in [0.5, 0.6) is 0 Å². The lowest BCUT2D eigenvalue weighted by Gasteiger charge is -2.36. The highest BCUT2D eigenvalue weighted by molar-refractivity contribution is 5.77. The summed E-state index contributed by atoms with van der Waals surface area (Å²) in [4.78, 5) is 30.5. The number of rotatable bonds is 4. The third kappa shape index (κ3) is 2.84. The number of ether oxygens (including phenoxy) is 1. The molecule has 1 unspecified atom stereocenters. The Labute approximate surface area is 138 Å². The van der Waals surface area contributed by atoms with Crippen LogP contribution >= 0.6 is 0 Å². The smallest absolute Gasteiger partial charge is 0.377 e. The highest BCUT2D eigenvalue weighted by Crippen LogP contribution is 2.36. The molecule has 0 radical (unpaired) electrons. The first-order valence-corrected chi connectivity index (χ1v) is 8.08. The Kier molecular flexibility index (Phi) is 3.89. The molecular weight excluding hydrogens is 312 g/mol. The van der Waals surface area contributed by atoms with E-state index in [1.54, 1.807) is 24.5 Å². The van der Waals surface area contributed by atoms with Gasteiger partial charge in [-0.2, -0.15) is 0 Å². The molecule has 2 fully saturated rings. The minimum atomic E-state index is -0.633. The third-order valence-corrected chi connectivity index (χ3v) is 4.57. The number of pyridine rings is 1. The molecule has 0 bridgehead atoms. The normalized spacial score (nSPS) is 21.0. The van der Waals surface area contributed by atoms with E-state index in [0.717, 1.165) is 12.8 Å². The minimum Gasteiger partial charge on any atom is -0.377 e. The highest BCUT2D eigenvalue weighted by atomic mass is 16.5. The van der Waals surface area contributed by atoms with Crippen LogP contribution in [0, 0.1) is 5.92 Å². The summed E-state index contributed by atoms with van der Waals surface area (Å²) in [7, 11) is 0. The summed E-state index contributed by atoms with van der Waals surface area (Å²) in [5.41, 5.74) is 0.685. The second kappa shape index (κ2) is 6.20. The van der Waals surface area contributed by atoms with Crippen LogP contribution in [0.15, 0.2) is 33.8 Å². The molecule has 1 saturated carbocycles. The zero-order valence-corrected chi connectivity index (χ0v) is 13.1. The second-order valence-electron chi connectivity index (χ2n) is 6.16. The molecule has 3 heterocycles. The zero-order valence-electron chi connectivity index (χ0n) is 13.1. The van der Waals surface area contributed by atoms with E-state index in [0.29, 0.717) is 37.1 Å². The molecule has 8 nitrogen and oxygen atoms in total. The molecule has 0 spiro atoms. The standard InChI is InChI=1S/C16H18N4O4/c21-14(19-7-8-23-10-13(19)11-1-2-11)9-20-15(18-24-16(20)22)12-3-5-17-6-4-12/h3-6,11,13H,1-2,7-10H2. The van der Waals surface area contributed by atoms with Crippen LogP contribution in [-0.2, 0) is 16.1 Å². The van der Waals surface area contributed by atoms with E-state index in [1.807, 2.05) is 4.90 Å². The van der Waals surface area contributed by atoms with Gasteiger partial charge in [-0.25, -0.2) is 9.36 Å². The molecule has 0 aromatic carbocycles. The van der Waals surface area contributed by atoms with Gasteiger partial charge in [-0.3, -0.25) is 14.3 Å². The van der Waals surface area contributed by atoms with E-state index in [9.17, 15) is 9.59 Å². The van der Waals surface area contributed by atoms with Crippen molar-refractivity contribution in [2.45, 2.75) is 25.4 Å². The lowest BCUT2D eigenvalue weighted by molar-refractivity contribution is -0.141. The summed E-state index contributed by atoms with van der Waals surface area (Å²) in [6, 6.07) is 3.56. The van der Waals surface area contributed by atoms with Crippen LogP contribution in [0.3, 0.4) is 0 Å². The summed E-state index contributed by atoms with van der Waals surface area (Å²) in [5, 5.41) is 3.80. The Bertz CT molecular complexity index is 781. The molecule has 1 atom stereocenters. The van der Waals surface area contributed by atoms with Crippen molar-refractivity contribution in [2.24, 2.45) is 5.92 Å². The monoisotopic (exact) mass is 330 g/mol. The lowest BCUT2D eigenvalue weighted by Crippen LogP contribution is -2.51. The molecule has 1 aliphatic heterocycles. The van der Waals surface area contributed by atoms with Gasteiger partial charge in [-0.05, 0) is 30.9 Å². The van der Waals surface area contributed by atoms with Gasteiger partial charge in [-0.15, -0.1) is 0 Å². The summed E-state index contributed by atoms with van der Waals surface area (Å²) in [5.74, 6) is 0.127. The maximum Gasteiger partial charge on any atom is 0.442 e. The Morgan fingerprint density at radius 3 is 2.83 bits per heavy atom. The SMILES string of the molecule is O=C(Cn1c(-c2ccncc2)noc1=O)N1CCOCC1C1CC1. The lowest BCUT2D eigenvalue weighted by atomic mass is 10.1. The van der Waals surface area contributed by atoms with Gasteiger partial charge < -0.3 is 9.64 Å². The van der Waals surface area contributed by atoms with Crippen molar-refractivity contribution in [1.82, 2.24) is 19.6 Å². The fourth-order valence-corrected chi connectivity index (χ4v) is 3.15. The molecule has 0 N–H and O–H groups in total. The van der Waals surface area contributed by atoms with Gasteiger partial charge >= 0.3 is 5.76 Å². The predicted octanol–water partition coefficient (Wildman–Crippen LogP) is 0.536. The molecule has 8 heteroatoms. The summed E-state index contributed by atoms with van der Waals surface area (Å²) in [6.07, 6.45) is 5.47. The Morgan fingerprint density at radius 1 is 1.29 bits per heavy atom. The van der Waals surface area contributed by atoms with Crippen LogP contribution in [0.2, 0.25) is 0 Å². The van der Waals surface area contributed by atoms with Crippen LogP contribution in [0.4, 0.5) is 0 Å². The quantitative estimate of drug-likeness (QED) is 0.812. The van der Waals surface area contributed by atoms with Crippen molar-refractivity contribution >= 4 is 5.91 Å². The second-order valence-corrected chi connectivity index (χ2v) is 6.16. The first kappa shape index (κ1) is 15.1. The maximum absolute atomic E-state index is 12.8. The van der Waals surface area contributed by atoms with Crippen molar-refractivity contribution in [2.75, 3.05) is 19.8 Å². The summed E-state index contributed by atoms with van der Waals surface area (Å²) >= 11 is 0. The van der Waals surface area contributed by atoms with Gasteiger partial charge in [0.2, 0.25) is 5.91 Å². The molecule has 1 saturated heterocycles. The van der Waals surface area contributed by atoms with Gasteiger partial charge in [0, 0.05) is 24.5 Å². The Hall–Kier alpha value is -2.48. The molecule has 4 rings (SSSR count). The number of carbonyl (C=O) groups excluding carboxylic acids is 1. The number of amides is 1. The number of hydrogen-bond donors (Lipinski definition) is 0. The van der Waals surface area contributed by atoms with Crippen LogP contribution in [0.25, 0.3) is 11.4 Å². The number of aromatic nitrogens is 3. The van der Waals surface area contributed by atoms with Crippen molar-refractivity contribution in [3.05, 3.63) is 35.1 Å². The molecule has 2 aromatic heterocycles. The average Bonchev–Trinajstić information content (AvgIpc) is 3.41. The molecular formula is C16H18N4O4. The number of hydrogen-bond acceptors (Lipinski definition) is 6. The molecule has 1 amide bonds. The van der Waals surface area contributed by atoms with E-state index < -0.39 is 5.76 Å². The van der Waals surface area contributed by atoms with E-state index in [4.69, 9.17) is 9.26 Å². The topological polar surface area (TPSA) is 90.5 Å². The van der Waals surface area contributed by atoms with E-state index >= 15 is 0 Å². The van der Waals surface area contributed by atoms with Crippen molar-refractivity contribution in [3.8, 4) is 11.4 Å². The van der Waals surface area contributed by atoms with Crippen LogP contribution in [0.1, 0.15) is 12.8 Å². The highest BCUT2D eigenvalue weighted by Gasteiger charge is 2.39. The van der Waals surface area contributed by atoms with Crippen molar-refractivity contribution in [3.63, 3.8) is 0 Å². The first-order valence-electron chi connectivity index (χ1n) is 8.08. The van der Waals surface area contributed by atoms with Gasteiger partial charge in [0.1, 0.15) is 6.54 Å². The van der Waals surface area contributed by atoms with Crippen LogP contribution in [-0.4, -0.2) is 51.3 Å². The van der Waals surface area contributed by atoms with Gasteiger partial charge in [0.15, 0.2) is 5.82 Å². The van der Waals surface area contributed by atoms with Gasteiger partial charge in [0.05, 0.1) is 19.3 Å². The molecule has 2 aliphatic rings. The summed E-state index contributed by atoms with van der Waals surface area (Å²) < 4.78 is 11.6. The molecule has 2 aromatic rings. The third-order valence-electron chi connectivity index (χ3n) is 4.57. The molecule has 1 aliphatic carbocycles. The Morgan fingerprint density at radius 2 is 2.08 bits per heavy atom. The van der Waals surface area contributed by atoms with E-state index in [-0.39, 0.29) is 18.5 Å². The number of nitrogens with zero attached hydrogens (tertiary/aromatic N) is 4. The average molecular weight is 330 g/mol. The molecule has 126 valence electrons. The van der Waals surface area contributed by atoms with Crippen molar-refractivity contribution in [1.29, 1.82) is 0 Å². The van der Waals surface area contributed by atoms with Gasteiger partial charge in [0.25, 0.3) is 0 Å². The maximum atomic E-state index is 12.8. The van der Waals surface area contributed by atoms with E-state index in [1.165, 1.54) is 4.57 Å². The largest absolute Gasteiger partial charge is 0.442 e. The van der Waals surface area contributed by atoms with E-state index in [2.05, 4.69) is 10.1 Å². The van der Waals surface area contributed by atoms with Crippen molar-refractivity contribution < 1.29 is 14.1 Å². The minimum absolute atomic E-state index is 0.0801. The Balaban J connectivity index is 1.58. The number of carbonyl (C=O) groups is 1. The first-order chi connectivity index (χ1) is 11.7. The molecule has 24 heavy (non-hydrogen) atoms. The predicted molar refractivity (Wildman–Crippen MR) is 83.0 cm³/mol. The fraction of sp³-hybridized carbons (Fsp3) is 0.500. The number of morpholine rings is 1. The van der Waals surface area contributed by atoms with Crippen LogP contribution < -0.4 is 5.76 Å².